The predicted molar refractivity (Wildman–Crippen MR) is 107 cm³/mol. The van der Waals surface area contributed by atoms with E-state index in [9.17, 15) is 9.59 Å². The number of fused-ring (bicyclic) bond motifs is 1. The zero-order valence-corrected chi connectivity index (χ0v) is 16.1. The van der Waals surface area contributed by atoms with Crippen LogP contribution in [0.25, 0.3) is 0 Å². The van der Waals surface area contributed by atoms with Crippen LogP contribution in [0.1, 0.15) is 22.3 Å². The van der Waals surface area contributed by atoms with E-state index in [0.29, 0.717) is 42.5 Å². The van der Waals surface area contributed by atoms with Crippen LogP contribution in [0.5, 0.6) is 11.5 Å². The van der Waals surface area contributed by atoms with Crippen LogP contribution in [0.4, 0.5) is 5.69 Å². The van der Waals surface area contributed by atoms with Gasteiger partial charge < -0.3 is 19.5 Å². The van der Waals surface area contributed by atoms with Crippen LogP contribution in [0.3, 0.4) is 0 Å². The highest BCUT2D eigenvalue weighted by atomic mass is 16.5. The van der Waals surface area contributed by atoms with Crippen molar-refractivity contribution in [3.63, 3.8) is 0 Å². The maximum Gasteiger partial charge on any atom is 0.338 e. The molecule has 154 valence electrons. The molecule has 0 spiro atoms. The number of rotatable bonds is 6. The number of benzene rings is 2. The molecule has 0 unspecified atom stereocenters. The second kappa shape index (κ2) is 9.08. The fourth-order valence-electron chi connectivity index (χ4n) is 2.90. The molecule has 0 saturated carbocycles. The lowest BCUT2D eigenvalue weighted by atomic mass is 10.1. The minimum atomic E-state index is -0.573. The molecule has 0 aliphatic carbocycles. The van der Waals surface area contributed by atoms with Gasteiger partial charge in [-0.2, -0.15) is 5.10 Å². The summed E-state index contributed by atoms with van der Waals surface area (Å²) in [7, 11) is 0. The Hall–Kier alpha value is -3.88. The fourth-order valence-corrected chi connectivity index (χ4v) is 2.90. The van der Waals surface area contributed by atoms with Crippen LogP contribution >= 0.6 is 0 Å². The molecule has 1 aliphatic heterocycles. The molecule has 0 fully saturated rings. The SMILES string of the molecule is O=C(COC(=O)c1ccc(Cn2cncn2)cc1)Nc1ccc2c(c1)OCCCO2. The van der Waals surface area contributed by atoms with E-state index in [2.05, 4.69) is 15.4 Å². The van der Waals surface area contributed by atoms with E-state index in [1.807, 2.05) is 0 Å². The summed E-state index contributed by atoms with van der Waals surface area (Å²) in [4.78, 5) is 28.2. The number of nitrogens with zero attached hydrogens (tertiary/aromatic N) is 3. The molecule has 9 heteroatoms. The van der Waals surface area contributed by atoms with Crippen molar-refractivity contribution >= 4 is 17.6 Å². The number of nitrogens with one attached hydrogen (secondary N) is 1. The van der Waals surface area contributed by atoms with Crippen molar-refractivity contribution in [2.75, 3.05) is 25.1 Å². The van der Waals surface area contributed by atoms with Gasteiger partial charge in [-0.05, 0) is 29.8 Å². The van der Waals surface area contributed by atoms with E-state index in [0.717, 1.165) is 12.0 Å². The van der Waals surface area contributed by atoms with Gasteiger partial charge in [0, 0.05) is 18.2 Å². The number of aromatic nitrogens is 3. The van der Waals surface area contributed by atoms with Gasteiger partial charge in [-0.1, -0.05) is 12.1 Å². The summed E-state index contributed by atoms with van der Waals surface area (Å²) in [6.45, 7) is 1.30. The lowest BCUT2D eigenvalue weighted by Crippen LogP contribution is -2.21. The minimum absolute atomic E-state index is 0.362. The monoisotopic (exact) mass is 408 g/mol. The minimum Gasteiger partial charge on any atom is -0.490 e. The molecule has 0 bridgehead atoms. The Bertz CT molecular complexity index is 1020. The number of carbonyl (C=O) groups excluding carboxylic acids is 2. The first-order valence-corrected chi connectivity index (χ1v) is 9.45. The van der Waals surface area contributed by atoms with E-state index in [1.165, 1.54) is 6.33 Å². The summed E-state index contributed by atoms with van der Waals surface area (Å²) < 4.78 is 17.9. The van der Waals surface area contributed by atoms with Crippen molar-refractivity contribution in [3.05, 3.63) is 66.2 Å². The molecule has 0 radical (unpaired) electrons. The molecular formula is C21H20N4O5. The summed E-state index contributed by atoms with van der Waals surface area (Å²) in [5.74, 6) is 0.203. The van der Waals surface area contributed by atoms with E-state index < -0.39 is 18.5 Å². The number of carbonyl (C=O) groups is 2. The Morgan fingerprint density at radius 3 is 2.63 bits per heavy atom. The van der Waals surface area contributed by atoms with Gasteiger partial charge in [0.1, 0.15) is 12.7 Å². The smallest absolute Gasteiger partial charge is 0.338 e. The number of amides is 1. The highest BCUT2D eigenvalue weighted by Crippen LogP contribution is 2.32. The number of hydrogen-bond donors (Lipinski definition) is 1. The highest BCUT2D eigenvalue weighted by Gasteiger charge is 2.14. The number of esters is 1. The summed E-state index contributed by atoms with van der Waals surface area (Å²) in [5.41, 5.74) is 1.86. The third-order valence-electron chi connectivity index (χ3n) is 4.37. The molecule has 0 atom stereocenters. The first-order valence-electron chi connectivity index (χ1n) is 9.45. The topological polar surface area (TPSA) is 105 Å². The van der Waals surface area contributed by atoms with Gasteiger partial charge in [0.2, 0.25) is 0 Å². The van der Waals surface area contributed by atoms with Crippen LogP contribution in [-0.2, 0) is 16.1 Å². The third-order valence-corrected chi connectivity index (χ3v) is 4.37. The van der Waals surface area contributed by atoms with Crippen LogP contribution in [-0.4, -0.2) is 46.5 Å². The summed E-state index contributed by atoms with van der Waals surface area (Å²) in [5, 5.41) is 6.72. The first-order chi connectivity index (χ1) is 14.7. The quantitative estimate of drug-likeness (QED) is 0.624. The maximum atomic E-state index is 12.2. The maximum absolute atomic E-state index is 12.2. The highest BCUT2D eigenvalue weighted by molar-refractivity contribution is 5.95. The van der Waals surface area contributed by atoms with Crippen molar-refractivity contribution < 1.29 is 23.8 Å². The van der Waals surface area contributed by atoms with Crippen LogP contribution < -0.4 is 14.8 Å². The Morgan fingerprint density at radius 2 is 1.87 bits per heavy atom. The van der Waals surface area contributed by atoms with Crippen molar-refractivity contribution in [1.82, 2.24) is 14.8 Å². The van der Waals surface area contributed by atoms with Crippen molar-refractivity contribution in [3.8, 4) is 11.5 Å². The molecule has 2 heterocycles. The van der Waals surface area contributed by atoms with Crippen LogP contribution in [0, 0.1) is 0 Å². The van der Waals surface area contributed by atoms with Crippen molar-refractivity contribution in [2.45, 2.75) is 13.0 Å². The van der Waals surface area contributed by atoms with Gasteiger partial charge in [0.15, 0.2) is 18.1 Å². The zero-order valence-electron chi connectivity index (χ0n) is 16.1. The van der Waals surface area contributed by atoms with Gasteiger partial charge in [0.25, 0.3) is 5.91 Å². The average molecular weight is 408 g/mol. The molecule has 1 aromatic heterocycles. The number of ether oxygens (including phenoxy) is 3. The van der Waals surface area contributed by atoms with Crippen LogP contribution in [0.2, 0.25) is 0 Å². The summed E-state index contributed by atoms with van der Waals surface area (Å²) in [6.07, 6.45) is 3.88. The molecule has 30 heavy (non-hydrogen) atoms. The molecule has 3 aromatic rings. The Kier molecular flexibility index (Phi) is 5.88. The first kappa shape index (κ1) is 19.4. The zero-order chi connectivity index (χ0) is 20.8. The largest absolute Gasteiger partial charge is 0.490 e. The van der Waals surface area contributed by atoms with E-state index in [1.54, 1.807) is 53.5 Å². The molecule has 9 nitrogen and oxygen atoms in total. The Balaban J connectivity index is 1.28. The van der Waals surface area contributed by atoms with Gasteiger partial charge in [-0.15, -0.1) is 0 Å². The van der Waals surface area contributed by atoms with Gasteiger partial charge in [-0.3, -0.25) is 4.79 Å². The summed E-state index contributed by atoms with van der Waals surface area (Å²) in [6, 6.07) is 12.0. The lowest BCUT2D eigenvalue weighted by molar-refractivity contribution is -0.119. The molecule has 1 N–H and O–H groups in total. The Morgan fingerprint density at radius 1 is 1.07 bits per heavy atom. The molecule has 4 rings (SSSR count). The summed E-state index contributed by atoms with van der Waals surface area (Å²) >= 11 is 0. The van der Waals surface area contributed by atoms with E-state index in [4.69, 9.17) is 14.2 Å². The van der Waals surface area contributed by atoms with E-state index >= 15 is 0 Å². The standard InChI is InChI=1S/C21H20N4O5/c26-20(24-17-6-7-18-19(10-17)29-9-1-8-28-18)12-30-21(27)16-4-2-15(3-5-16)11-25-14-22-13-23-25/h2-7,10,13-14H,1,8-9,11-12H2,(H,24,26). The molecule has 0 saturated heterocycles. The fraction of sp³-hybridized carbons (Fsp3) is 0.238. The van der Waals surface area contributed by atoms with Gasteiger partial charge in [0.05, 0.1) is 25.3 Å². The second-order valence-corrected chi connectivity index (χ2v) is 6.63. The average Bonchev–Trinajstić information content (AvgIpc) is 3.15. The molecule has 2 aromatic carbocycles. The second-order valence-electron chi connectivity index (χ2n) is 6.63. The third kappa shape index (κ3) is 4.93. The predicted octanol–water partition coefficient (Wildman–Crippen LogP) is 2.28. The molecule has 1 aliphatic rings. The van der Waals surface area contributed by atoms with Crippen molar-refractivity contribution in [2.24, 2.45) is 0 Å². The van der Waals surface area contributed by atoms with Crippen LogP contribution in [0.15, 0.2) is 55.1 Å². The lowest BCUT2D eigenvalue weighted by Gasteiger charge is -2.11. The molecular weight excluding hydrogens is 388 g/mol. The normalized spacial score (nSPS) is 12.7. The van der Waals surface area contributed by atoms with Gasteiger partial charge in [-0.25, -0.2) is 14.5 Å². The van der Waals surface area contributed by atoms with Crippen molar-refractivity contribution in [1.29, 1.82) is 0 Å². The number of hydrogen-bond acceptors (Lipinski definition) is 7. The Labute approximate surface area is 172 Å². The molecule has 1 amide bonds. The number of anilines is 1. The van der Waals surface area contributed by atoms with E-state index in [-0.39, 0.29) is 0 Å². The van der Waals surface area contributed by atoms with Gasteiger partial charge >= 0.3 is 5.97 Å².